The van der Waals surface area contributed by atoms with Gasteiger partial charge in [0.2, 0.25) is 0 Å². The molecule has 0 bridgehead atoms. The lowest BCUT2D eigenvalue weighted by molar-refractivity contribution is 0.551. The molecule has 1 fully saturated rings. The minimum atomic E-state index is 0.692. The number of anilines is 1. The highest BCUT2D eigenvalue weighted by molar-refractivity contribution is 5.47. The van der Waals surface area contributed by atoms with Gasteiger partial charge in [0.05, 0.1) is 0 Å². The van der Waals surface area contributed by atoms with Crippen LogP contribution >= 0.6 is 0 Å². The van der Waals surface area contributed by atoms with Gasteiger partial charge in [0.25, 0.3) is 0 Å². The number of hydrogen-bond donors (Lipinski definition) is 1. The number of nitrogens with zero attached hydrogens (tertiary/aromatic N) is 2. The predicted octanol–water partition coefficient (Wildman–Crippen LogP) is 3.37. The van der Waals surface area contributed by atoms with E-state index in [9.17, 15) is 0 Å². The molecule has 1 aliphatic rings. The van der Waals surface area contributed by atoms with Gasteiger partial charge in [-0.2, -0.15) is 0 Å². The molecule has 1 aromatic heterocycles. The van der Waals surface area contributed by atoms with E-state index in [0.29, 0.717) is 5.92 Å². The zero-order valence-electron chi connectivity index (χ0n) is 13.4. The topological polar surface area (TPSA) is 28.2 Å². The Labute approximate surface area is 123 Å². The van der Waals surface area contributed by atoms with Crippen molar-refractivity contribution in [2.45, 2.75) is 47.1 Å². The summed E-state index contributed by atoms with van der Waals surface area (Å²) < 4.78 is 0. The van der Waals surface area contributed by atoms with Crippen LogP contribution in [-0.2, 0) is 6.54 Å². The first-order chi connectivity index (χ1) is 9.60. The van der Waals surface area contributed by atoms with Crippen LogP contribution in [0.5, 0.6) is 0 Å². The van der Waals surface area contributed by atoms with Crippen molar-refractivity contribution in [2.75, 3.05) is 24.5 Å². The summed E-state index contributed by atoms with van der Waals surface area (Å²) >= 11 is 0. The van der Waals surface area contributed by atoms with Crippen LogP contribution in [-0.4, -0.2) is 24.6 Å². The molecule has 0 amide bonds. The van der Waals surface area contributed by atoms with Crippen molar-refractivity contribution < 1.29 is 0 Å². The van der Waals surface area contributed by atoms with Gasteiger partial charge >= 0.3 is 0 Å². The Morgan fingerprint density at radius 3 is 2.70 bits per heavy atom. The molecule has 1 aliphatic carbocycles. The Morgan fingerprint density at radius 2 is 2.15 bits per heavy atom. The van der Waals surface area contributed by atoms with Crippen LogP contribution in [0.25, 0.3) is 0 Å². The minimum absolute atomic E-state index is 0.692. The van der Waals surface area contributed by atoms with Gasteiger partial charge in [0, 0.05) is 25.8 Å². The highest BCUT2D eigenvalue weighted by Gasteiger charge is 2.24. The smallest absolute Gasteiger partial charge is 0.131 e. The summed E-state index contributed by atoms with van der Waals surface area (Å²) in [5.74, 6) is 2.77. The summed E-state index contributed by atoms with van der Waals surface area (Å²) in [5.41, 5.74) is 2.59. The fourth-order valence-corrected chi connectivity index (χ4v) is 2.54. The van der Waals surface area contributed by atoms with Crippen LogP contribution in [0.2, 0.25) is 0 Å². The molecule has 1 saturated carbocycles. The average molecular weight is 275 g/mol. The van der Waals surface area contributed by atoms with E-state index < -0.39 is 0 Å². The quantitative estimate of drug-likeness (QED) is 0.788. The third-order valence-corrected chi connectivity index (χ3v) is 3.85. The van der Waals surface area contributed by atoms with E-state index in [-0.39, 0.29) is 0 Å². The minimum Gasteiger partial charge on any atom is -0.356 e. The van der Waals surface area contributed by atoms with E-state index in [1.54, 1.807) is 0 Å². The number of nitrogens with one attached hydrogen (secondary N) is 1. The van der Waals surface area contributed by atoms with Gasteiger partial charge in [-0.15, -0.1) is 0 Å². The standard InChI is InChI=1S/C17H29N3/c1-5-20(12-15-6-7-15)17-14(4)8-16(11-19-17)10-18-9-13(2)3/h8,11,13,15,18H,5-7,9-10,12H2,1-4H3. The maximum atomic E-state index is 4.71. The summed E-state index contributed by atoms with van der Waals surface area (Å²) in [6.07, 6.45) is 4.82. The van der Waals surface area contributed by atoms with Gasteiger partial charge in [-0.25, -0.2) is 4.98 Å². The molecule has 2 rings (SSSR count). The molecule has 0 aliphatic heterocycles. The largest absolute Gasteiger partial charge is 0.356 e. The van der Waals surface area contributed by atoms with E-state index in [4.69, 9.17) is 4.98 Å². The molecule has 0 atom stereocenters. The van der Waals surface area contributed by atoms with Crippen molar-refractivity contribution in [3.8, 4) is 0 Å². The van der Waals surface area contributed by atoms with E-state index in [2.05, 4.69) is 44.0 Å². The number of hydrogen-bond acceptors (Lipinski definition) is 3. The lowest BCUT2D eigenvalue weighted by atomic mass is 10.1. The summed E-state index contributed by atoms with van der Waals surface area (Å²) in [7, 11) is 0. The molecule has 1 heterocycles. The molecule has 20 heavy (non-hydrogen) atoms. The van der Waals surface area contributed by atoms with E-state index >= 15 is 0 Å². The molecule has 0 spiro atoms. The van der Waals surface area contributed by atoms with Crippen molar-refractivity contribution in [1.29, 1.82) is 0 Å². The van der Waals surface area contributed by atoms with E-state index in [1.807, 2.05) is 6.20 Å². The fourth-order valence-electron chi connectivity index (χ4n) is 2.54. The third-order valence-electron chi connectivity index (χ3n) is 3.85. The molecular weight excluding hydrogens is 246 g/mol. The molecule has 3 heteroatoms. The molecule has 112 valence electrons. The Bertz CT molecular complexity index is 424. The third kappa shape index (κ3) is 4.48. The zero-order chi connectivity index (χ0) is 14.5. The van der Waals surface area contributed by atoms with Gasteiger partial charge < -0.3 is 10.2 Å². The molecule has 1 N–H and O–H groups in total. The van der Waals surface area contributed by atoms with Gasteiger partial charge in [-0.3, -0.25) is 0 Å². The number of rotatable bonds is 8. The average Bonchev–Trinajstić information content (AvgIpc) is 3.20. The van der Waals surface area contributed by atoms with Crippen LogP contribution in [0, 0.1) is 18.8 Å². The highest BCUT2D eigenvalue weighted by atomic mass is 15.2. The number of aryl methyl sites for hydroxylation is 1. The first kappa shape index (κ1) is 15.3. The molecule has 0 unspecified atom stereocenters. The Kier molecular flexibility index (Phi) is 5.41. The normalized spacial score (nSPS) is 14.8. The molecule has 0 saturated heterocycles. The zero-order valence-corrected chi connectivity index (χ0v) is 13.4. The van der Waals surface area contributed by atoms with Crippen LogP contribution in [0.4, 0.5) is 5.82 Å². The van der Waals surface area contributed by atoms with Crippen molar-refractivity contribution in [2.24, 2.45) is 11.8 Å². The van der Waals surface area contributed by atoms with Gasteiger partial charge in [0.15, 0.2) is 0 Å². The summed E-state index contributed by atoms with van der Waals surface area (Å²) in [4.78, 5) is 7.14. The molecule has 1 aromatic rings. The highest BCUT2D eigenvalue weighted by Crippen LogP contribution is 2.31. The van der Waals surface area contributed by atoms with Crippen LogP contribution < -0.4 is 10.2 Å². The second-order valence-electron chi connectivity index (χ2n) is 6.49. The van der Waals surface area contributed by atoms with Crippen LogP contribution in [0.3, 0.4) is 0 Å². The van der Waals surface area contributed by atoms with Crippen molar-refractivity contribution in [3.05, 3.63) is 23.4 Å². The second-order valence-corrected chi connectivity index (χ2v) is 6.49. The fraction of sp³-hybridized carbons (Fsp3) is 0.706. The lowest BCUT2D eigenvalue weighted by Crippen LogP contribution is -2.27. The first-order valence-electron chi connectivity index (χ1n) is 8.01. The Balaban J connectivity index is 1.96. The molecule has 0 aromatic carbocycles. The van der Waals surface area contributed by atoms with Gasteiger partial charge in [0.1, 0.15) is 5.82 Å². The van der Waals surface area contributed by atoms with Crippen LogP contribution in [0.1, 0.15) is 44.7 Å². The Hall–Kier alpha value is -1.09. The van der Waals surface area contributed by atoms with Crippen molar-refractivity contribution in [3.63, 3.8) is 0 Å². The summed E-state index contributed by atoms with van der Waals surface area (Å²) in [6, 6.07) is 2.28. The molecular formula is C17H29N3. The summed E-state index contributed by atoms with van der Waals surface area (Å²) in [6.45, 7) is 13.1. The summed E-state index contributed by atoms with van der Waals surface area (Å²) in [5, 5.41) is 3.48. The maximum Gasteiger partial charge on any atom is 0.131 e. The predicted molar refractivity (Wildman–Crippen MR) is 86.1 cm³/mol. The second kappa shape index (κ2) is 7.07. The Morgan fingerprint density at radius 1 is 1.40 bits per heavy atom. The SMILES string of the molecule is CCN(CC1CC1)c1ncc(CNCC(C)C)cc1C. The monoisotopic (exact) mass is 275 g/mol. The van der Waals surface area contributed by atoms with Gasteiger partial charge in [-0.05, 0) is 62.3 Å². The maximum absolute atomic E-state index is 4.71. The van der Waals surface area contributed by atoms with Gasteiger partial charge in [-0.1, -0.05) is 13.8 Å². The lowest BCUT2D eigenvalue weighted by Gasteiger charge is -2.24. The molecule has 3 nitrogen and oxygen atoms in total. The number of pyridine rings is 1. The van der Waals surface area contributed by atoms with Crippen molar-refractivity contribution >= 4 is 5.82 Å². The van der Waals surface area contributed by atoms with E-state index in [0.717, 1.165) is 25.6 Å². The van der Waals surface area contributed by atoms with E-state index in [1.165, 1.54) is 36.3 Å². The van der Waals surface area contributed by atoms with Crippen LogP contribution in [0.15, 0.2) is 12.3 Å². The number of aromatic nitrogens is 1. The first-order valence-corrected chi connectivity index (χ1v) is 8.01. The molecule has 0 radical (unpaired) electrons. The van der Waals surface area contributed by atoms with Crippen molar-refractivity contribution in [1.82, 2.24) is 10.3 Å².